The molecule has 0 saturated heterocycles. The number of carbonyl (C=O) groups is 2. The van der Waals surface area contributed by atoms with Crippen molar-refractivity contribution in [2.24, 2.45) is 5.92 Å². The van der Waals surface area contributed by atoms with Crippen LogP contribution in [0, 0.1) is 5.92 Å². The molecule has 5 nitrogen and oxygen atoms in total. The van der Waals surface area contributed by atoms with Crippen LogP contribution in [0.3, 0.4) is 0 Å². The molecule has 0 aromatic heterocycles. The van der Waals surface area contributed by atoms with E-state index in [1.54, 1.807) is 7.11 Å². The highest BCUT2D eigenvalue weighted by atomic mass is 16.6. The Balaban J connectivity index is 3.06. The average Bonchev–Trinajstić information content (AvgIpc) is 2.55. The monoisotopic (exact) mass is 358 g/mol. The molecule has 5 heteroatoms. The molecule has 0 fully saturated rings. The zero-order valence-electron chi connectivity index (χ0n) is 16.4. The highest BCUT2D eigenvalue weighted by Crippen LogP contribution is 2.52. The maximum Gasteiger partial charge on any atom is 0.308 e. The minimum atomic E-state index is -0.489. The van der Waals surface area contributed by atoms with Gasteiger partial charge in [0, 0.05) is 30.2 Å². The van der Waals surface area contributed by atoms with Gasteiger partial charge >= 0.3 is 11.9 Å². The Hall–Kier alpha value is -2.56. The molecule has 0 aliphatic carbocycles. The first-order valence-electron chi connectivity index (χ1n) is 8.61. The van der Waals surface area contributed by atoms with Crippen LogP contribution in [-0.2, 0) is 15.0 Å². The standard InChI is InChI=1S/C21H26O5/c1-12(2)21(5,6)17-18(24-7)15-10-8-9-11-16(15)19(25-13(3)22)20(17)26-14(4)23/h8-12H,1-7H3. The fourth-order valence-electron chi connectivity index (χ4n) is 2.92. The van der Waals surface area contributed by atoms with Gasteiger partial charge in [0.25, 0.3) is 0 Å². The summed E-state index contributed by atoms with van der Waals surface area (Å²) < 4.78 is 16.8. The Bertz CT molecular complexity index is 849. The van der Waals surface area contributed by atoms with Crippen LogP contribution in [0.15, 0.2) is 24.3 Å². The number of methoxy groups -OCH3 is 1. The van der Waals surface area contributed by atoms with Gasteiger partial charge in [0.15, 0.2) is 11.5 Å². The van der Waals surface area contributed by atoms with Gasteiger partial charge in [-0.05, 0) is 11.3 Å². The molecule has 0 bridgehead atoms. The van der Waals surface area contributed by atoms with Crippen molar-refractivity contribution in [1.82, 2.24) is 0 Å². The number of esters is 2. The maximum atomic E-state index is 11.8. The van der Waals surface area contributed by atoms with Crippen LogP contribution in [0.2, 0.25) is 0 Å². The Morgan fingerprint density at radius 1 is 0.885 bits per heavy atom. The fraction of sp³-hybridized carbons (Fsp3) is 0.429. The van der Waals surface area contributed by atoms with Gasteiger partial charge in [-0.1, -0.05) is 52.0 Å². The summed E-state index contributed by atoms with van der Waals surface area (Å²) in [7, 11) is 1.59. The number of benzene rings is 2. The Morgan fingerprint density at radius 3 is 1.77 bits per heavy atom. The van der Waals surface area contributed by atoms with Crippen LogP contribution < -0.4 is 14.2 Å². The van der Waals surface area contributed by atoms with Crippen LogP contribution in [0.25, 0.3) is 10.8 Å². The summed E-state index contributed by atoms with van der Waals surface area (Å²) in [5, 5.41) is 1.45. The van der Waals surface area contributed by atoms with E-state index in [2.05, 4.69) is 27.7 Å². The number of rotatable bonds is 5. The highest BCUT2D eigenvalue weighted by Gasteiger charge is 2.36. The quantitative estimate of drug-likeness (QED) is 0.576. The van der Waals surface area contributed by atoms with E-state index in [1.807, 2.05) is 24.3 Å². The van der Waals surface area contributed by atoms with E-state index in [0.29, 0.717) is 16.7 Å². The lowest BCUT2D eigenvalue weighted by Gasteiger charge is -2.34. The third-order valence-corrected chi connectivity index (χ3v) is 4.86. The maximum absolute atomic E-state index is 11.8. The predicted molar refractivity (Wildman–Crippen MR) is 101 cm³/mol. The fourth-order valence-corrected chi connectivity index (χ4v) is 2.92. The molecule has 2 aromatic carbocycles. The summed E-state index contributed by atoms with van der Waals surface area (Å²) in [5.74, 6) is 0.330. The second-order valence-corrected chi connectivity index (χ2v) is 7.18. The van der Waals surface area contributed by atoms with Gasteiger partial charge in [-0.15, -0.1) is 0 Å². The SMILES string of the molecule is COc1c(C(C)(C)C(C)C)c(OC(C)=O)c(OC(C)=O)c2ccccc12. The number of carbonyl (C=O) groups excluding carboxylic acids is 2. The van der Waals surface area contributed by atoms with E-state index in [-0.39, 0.29) is 17.4 Å². The molecule has 0 aliphatic heterocycles. The molecule has 0 N–H and O–H groups in total. The van der Waals surface area contributed by atoms with Gasteiger partial charge in [0.1, 0.15) is 5.75 Å². The summed E-state index contributed by atoms with van der Waals surface area (Å²) in [6, 6.07) is 7.44. The molecule has 0 radical (unpaired) electrons. The molecule has 26 heavy (non-hydrogen) atoms. The molecule has 0 saturated carbocycles. The van der Waals surface area contributed by atoms with Gasteiger partial charge in [-0.2, -0.15) is 0 Å². The van der Waals surface area contributed by atoms with Crippen molar-refractivity contribution in [3.63, 3.8) is 0 Å². The number of fused-ring (bicyclic) bond motifs is 1. The molecule has 140 valence electrons. The third-order valence-electron chi connectivity index (χ3n) is 4.86. The minimum absolute atomic E-state index is 0.206. The first-order chi connectivity index (χ1) is 12.1. The van der Waals surface area contributed by atoms with Crippen molar-refractivity contribution in [3.8, 4) is 17.2 Å². The molecule has 0 spiro atoms. The molecule has 0 unspecified atom stereocenters. The lowest BCUT2D eigenvalue weighted by Crippen LogP contribution is -2.27. The van der Waals surface area contributed by atoms with Crippen LogP contribution >= 0.6 is 0 Å². The van der Waals surface area contributed by atoms with E-state index in [9.17, 15) is 9.59 Å². The lowest BCUT2D eigenvalue weighted by molar-refractivity contribution is -0.134. The van der Waals surface area contributed by atoms with Crippen molar-refractivity contribution in [2.45, 2.75) is 47.0 Å². The molecule has 0 aliphatic rings. The molecule has 0 amide bonds. The van der Waals surface area contributed by atoms with Crippen molar-refractivity contribution in [3.05, 3.63) is 29.8 Å². The second kappa shape index (κ2) is 7.36. The van der Waals surface area contributed by atoms with Crippen LogP contribution in [0.4, 0.5) is 0 Å². The average molecular weight is 358 g/mol. The molecule has 2 aromatic rings. The minimum Gasteiger partial charge on any atom is -0.496 e. The van der Waals surface area contributed by atoms with Gasteiger partial charge in [-0.25, -0.2) is 0 Å². The smallest absolute Gasteiger partial charge is 0.308 e. The van der Waals surface area contributed by atoms with E-state index >= 15 is 0 Å². The van der Waals surface area contributed by atoms with Crippen LogP contribution in [0.5, 0.6) is 17.2 Å². The molecule has 0 heterocycles. The van der Waals surface area contributed by atoms with Crippen LogP contribution in [-0.4, -0.2) is 19.0 Å². The Kier molecular flexibility index (Phi) is 5.59. The number of hydrogen-bond donors (Lipinski definition) is 0. The van der Waals surface area contributed by atoms with Gasteiger partial charge < -0.3 is 14.2 Å². The van der Waals surface area contributed by atoms with Crippen molar-refractivity contribution in [1.29, 1.82) is 0 Å². The number of ether oxygens (including phenoxy) is 3. The summed E-state index contributed by atoms with van der Waals surface area (Å²) in [4.78, 5) is 23.6. The predicted octanol–water partition coefficient (Wildman–Crippen LogP) is 4.63. The molecule has 0 atom stereocenters. The van der Waals surface area contributed by atoms with Gasteiger partial charge in [0.05, 0.1) is 7.11 Å². The zero-order chi connectivity index (χ0) is 19.6. The second-order valence-electron chi connectivity index (χ2n) is 7.18. The molecular formula is C21H26O5. The summed E-state index contributed by atoms with van der Waals surface area (Å²) in [6.07, 6.45) is 0. The van der Waals surface area contributed by atoms with E-state index in [0.717, 1.165) is 5.39 Å². The normalized spacial score (nSPS) is 11.5. The van der Waals surface area contributed by atoms with E-state index in [4.69, 9.17) is 14.2 Å². The topological polar surface area (TPSA) is 61.8 Å². The summed E-state index contributed by atoms with van der Waals surface area (Å²) in [6.45, 7) is 10.9. The van der Waals surface area contributed by atoms with Crippen molar-refractivity contribution in [2.75, 3.05) is 7.11 Å². The largest absolute Gasteiger partial charge is 0.496 e. The van der Waals surface area contributed by atoms with E-state index < -0.39 is 17.4 Å². The van der Waals surface area contributed by atoms with Crippen molar-refractivity contribution >= 4 is 22.7 Å². The zero-order valence-corrected chi connectivity index (χ0v) is 16.4. The molecule has 2 rings (SSSR count). The molecular weight excluding hydrogens is 332 g/mol. The van der Waals surface area contributed by atoms with Crippen LogP contribution in [0.1, 0.15) is 47.1 Å². The third kappa shape index (κ3) is 3.52. The van der Waals surface area contributed by atoms with E-state index in [1.165, 1.54) is 13.8 Å². The Morgan fingerprint density at radius 2 is 1.35 bits per heavy atom. The van der Waals surface area contributed by atoms with Gasteiger partial charge in [0.2, 0.25) is 0 Å². The lowest BCUT2D eigenvalue weighted by atomic mass is 9.73. The first-order valence-corrected chi connectivity index (χ1v) is 8.61. The highest BCUT2D eigenvalue weighted by molar-refractivity contribution is 5.99. The van der Waals surface area contributed by atoms with Crippen molar-refractivity contribution < 1.29 is 23.8 Å². The summed E-state index contributed by atoms with van der Waals surface area (Å²) >= 11 is 0. The Labute approximate surface area is 154 Å². The number of hydrogen-bond acceptors (Lipinski definition) is 5. The summed E-state index contributed by atoms with van der Waals surface area (Å²) in [5.41, 5.74) is 0.301. The first kappa shape index (κ1) is 19.8. The van der Waals surface area contributed by atoms with Gasteiger partial charge in [-0.3, -0.25) is 9.59 Å².